The van der Waals surface area contributed by atoms with Gasteiger partial charge in [0, 0.05) is 24.4 Å². The van der Waals surface area contributed by atoms with Crippen LogP contribution in [-0.4, -0.2) is 37.1 Å². The van der Waals surface area contributed by atoms with Gasteiger partial charge >= 0.3 is 0 Å². The van der Waals surface area contributed by atoms with Crippen LogP contribution in [0.3, 0.4) is 0 Å². The van der Waals surface area contributed by atoms with Gasteiger partial charge in [0.05, 0.1) is 6.61 Å². The van der Waals surface area contributed by atoms with E-state index < -0.39 is 0 Å². The number of pyridine rings is 1. The highest BCUT2D eigenvalue weighted by atomic mass is 16.5. The van der Waals surface area contributed by atoms with Crippen molar-refractivity contribution in [1.29, 1.82) is 0 Å². The maximum atomic E-state index is 5.60. The Kier molecular flexibility index (Phi) is 4.93. The van der Waals surface area contributed by atoms with E-state index in [1.54, 1.807) is 0 Å². The number of nitrogens with zero attached hydrogens (tertiary/aromatic N) is 2. The molecule has 0 bridgehead atoms. The van der Waals surface area contributed by atoms with Crippen LogP contribution in [0.2, 0.25) is 0 Å². The molecule has 2 aromatic rings. The van der Waals surface area contributed by atoms with Crippen LogP contribution in [0.1, 0.15) is 6.42 Å². The van der Waals surface area contributed by atoms with Crippen LogP contribution in [-0.2, 0) is 0 Å². The average Bonchev–Trinajstić information content (AvgIpc) is 2.45. The molecule has 0 amide bonds. The van der Waals surface area contributed by atoms with Crippen LogP contribution in [0.4, 0.5) is 0 Å². The monoisotopic (exact) mass is 255 g/mol. The normalized spacial score (nSPS) is 10.7. The van der Waals surface area contributed by atoms with E-state index in [0.29, 0.717) is 12.5 Å². The molecule has 0 saturated heterocycles. The first-order chi connectivity index (χ1) is 9.25. The standard InChI is InChI=1S/C16H19N2O/c1-18(2)11-6-12-19-16-10-9-15(13-17-16)14-7-4-3-5-8-14/h3-4,7-10,13H,6,11-12H2,1-2H3. The lowest BCUT2D eigenvalue weighted by Gasteiger charge is -2.10. The van der Waals surface area contributed by atoms with Crippen molar-refractivity contribution in [3.63, 3.8) is 0 Å². The first-order valence-corrected chi connectivity index (χ1v) is 6.46. The van der Waals surface area contributed by atoms with Gasteiger partial charge in [0.2, 0.25) is 5.88 Å². The number of hydrogen-bond acceptors (Lipinski definition) is 3. The highest BCUT2D eigenvalue weighted by molar-refractivity contribution is 5.62. The van der Waals surface area contributed by atoms with E-state index in [2.05, 4.69) is 30.0 Å². The lowest BCUT2D eigenvalue weighted by Crippen LogP contribution is -2.15. The summed E-state index contributed by atoms with van der Waals surface area (Å²) in [6.45, 7) is 1.72. The van der Waals surface area contributed by atoms with E-state index in [9.17, 15) is 0 Å². The Bertz CT molecular complexity index is 480. The van der Waals surface area contributed by atoms with E-state index in [0.717, 1.165) is 24.1 Å². The van der Waals surface area contributed by atoms with Crippen LogP contribution < -0.4 is 4.74 Å². The number of benzene rings is 1. The van der Waals surface area contributed by atoms with Gasteiger partial charge in [-0.3, -0.25) is 0 Å². The summed E-state index contributed by atoms with van der Waals surface area (Å²) in [5, 5.41) is 0. The van der Waals surface area contributed by atoms with Crippen molar-refractivity contribution < 1.29 is 4.74 Å². The first kappa shape index (κ1) is 13.6. The Morgan fingerprint density at radius 3 is 2.74 bits per heavy atom. The molecule has 3 heteroatoms. The molecule has 0 aliphatic heterocycles. The third-order valence-corrected chi connectivity index (χ3v) is 2.78. The van der Waals surface area contributed by atoms with Crippen LogP contribution in [0, 0.1) is 6.07 Å². The van der Waals surface area contributed by atoms with Gasteiger partial charge in [0.25, 0.3) is 0 Å². The Morgan fingerprint density at radius 2 is 2.11 bits per heavy atom. The molecule has 19 heavy (non-hydrogen) atoms. The Hall–Kier alpha value is -1.87. The molecule has 2 rings (SSSR count). The molecule has 1 aromatic heterocycles. The van der Waals surface area contributed by atoms with E-state index in [-0.39, 0.29) is 0 Å². The number of rotatable bonds is 6. The summed E-state index contributed by atoms with van der Waals surface area (Å²) in [6, 6.07) is 14.9. The average molecular weight is 255 g/mol. The molecule has 1 aromatic carbocycles. The van der Waals surface area contributed by atoms with Crippen molar-refractivity contribution in [2.45, 2.75) is 6.42 Å². The molecule has 0 unspecified atom stereocenters. The van der Waals surface area contributed by atoms with Gasteiger partial charge in [-0.05, 0) is 44.3 Å². The summed E-state index contributed by atoms with van der Waals surface area (Å²) in [5.74, 6) is 0.683. The number of aromatic nitrogens is 1. The molecular formula is C16H19N2O. The predicted molar refractivity (Wildman–Crippen MR) is 77.2 cm³/mol. The molecule has 0 N–H and O–H groups in total. The van der Waals surface area contributed by atoms with E-state index >= 15 is 0 Å². The predicted octanol–water partition coefficient (Wildman–Crippen LogP) is 2.88. The Labute approximate surface area is 114 Å². The molecule has 3 nitrogen and oxygen atoms in total. The number of ether oxygens (including phenoxy) is 1. The smallest absolute Gasteiger partial charge is 0.213 e. The molecule has 1 heterocycles. The zero-order valence-electron chi connectivity index (χ0n) is 11.5. The Morgan fingerprint density at radius 1 is 1.21 bits per heavy atom. The molecule has 0 saturated carbocycles. The third kappa shape index (κ3) is 4.38. The van der Waals surface area contributed by atoms with Crippen molar-refractivity contribution >= 4 is 0 Å². The van der Waals surface area contributed by atoms with E-state index in [1.807, 2.05) is 42.6 Å². The van der Waals surface area contributed by atoms with Crippen LogP contribution in [0.15, 0.2) is 42.6 Å². The quantitative estimate of drug-likeness (QED) is 0.742. The fourth-order valence-corrected chi connectivity index (χ4v) is 1.77. The molecule has 99 valence electrons. The van der Waals surface area contributed by atoms with Gasteiger partial charge in [-0.15, -0.1) is 0 Å². The minimum absolute atomic E-state index is 0.683. The van der Waals surface area contributed by atoms with Crippen LogP contribution >= 0.6 is 0 Å². The van der Waals surface area contributed by atoms with E-state index in [1.165, 1.54) is 0 Å². The Balaban J connectivity index is 1.88. The molecule has 0 fully saturated rings. The van der Waals surface area contributed by atoms with Crippen LogP contribution in [0.5, 0.6) is 5.88 Å². The van der Waals surface area contributed by atoms with Gasteiger partial charge < -0.3 is 9.64 Å². The highest BCUT2D eigenvalue weighted by Gasteiger charge is 1.99. The molecule has 1 radical (unpaired) electrons. The molecule has 0 aliphatic rings. The lowest BCUT2D eigenvalue weighted by molar-refractivity contribution is 0.273. The van der Waals surface area contributed by atoms with Gasteiger partial charge in [-0.2, -0.15) is 0 Å². The lowest BCUT2D eigenvalue weighted by atomic mass is 10.1. The second kappa shape index (κ2) is 6.90. The molecule has 0 atom stereocenters. The van der Waals surface area contributed by atoms with Crippen molar-refractivity contribution in [2.24, 2.45) is 0 Å². The highest BCUT2D eigenvalue weighted by Crippen LogP contribution is 2.19. The van der Waals surface area contributed by atoms with Crippen LogP contribution in [0.25, 0.3) is 11.1 Å². The molecule has 0 spiro atoms. The van der Waals surface area contributed by atoms with Gasteiger partial charge in [-0.25, -0.2) is 4.98 Å². The number of hydrogen-bond donors (Lipinski definition) is 0. The van der Waals surface area contributed by atoms with Crippen molar-refractivity contribution in [3.05, 3.63) is 48.7 Å². The second-order valence-electron chi connectivity index (χ2n) is 4.68. The fraction of sp³-hybridized carbons (Fsp3) is 0.312. The van der Waals surface area contributed by atoms with Crippen molar-refractivity contribution in [3.8, 4) is 17.0 Å². The minimum Gasteiger partial charge on any atom is -0.478 e. The third-order valence-electron chi connectivity index (χ3n) is 2.78. The fourth-order valence-electron chi connectivity index (χ4n) is 1.77. The summed E-state index contributed by atoms with van der Waals surface area (Å²) in [4.78, 5) is 6.47. The van der Waals surface area contributed by atoms with E-state index in [4.69, 9.17) is 4.74 Å². The maximum Gasteiger partial charge on any atom is 0.213 e. The van der Waals surface area contributed by atoms with Gasteiger partial charge in [0.1, 0.15) is 0 Å². The second-order valence-corrected chi connectivity index (χ2v) is 4.68. The SMILES string of the molecule is CN(C)CCCOc1ccc(-c2c[c]ccc2)cn1. The largest absolute Gasteiger partial charge is 0.478 e. The zero-order chi connectivity index (χ0) is 13.5. The summed E-state index contributed by atoms with van der Waals surface area (Å²) in [5.41, 5.74) is 2.20. The summed E-state index contributed by atoms with van der Waals surface area (Å²) >= 11 is 0. The summed E-state index contributed by atoms with van der Waals surface area (Å²) in [7, 11) is 4.12. The van der Waals surface area contributed by atoms with Crippen molar-refractivity contribution in [2.75, 3.05) is 27.2 Å². The summed E-state index contributed by atoms with van der Waals surface area (Å²) in [6.07, 6.45) is 2.84. The zero-order valence-corrected chi connectivity index (χ0v) is 11.5. The molecule has 0 aliphatic carbocycles. The summed E-state index contributed by atoms with van der Waals surface area (Å²) < 4.78 is 5.60. The van der Waals surface area contributed by atoms with Gasteiger partial charge in [-0.1, -0.05) is 18.2 Å². The first-order valence-electron chi connectivity index (χ1n) is 6.46. The minimum atomic E-state index is 0.683. The molecular weight excluding hydrogens is 236 g/mol. The maximum absolute atomic E-state index is 5.60. The van der Waals surface area contributed by atoms with Gasteiger partial charge in [0.15, 0.2) is 0 Å². The topological polar surface area (TPSA) is 25.4 Å². The van der Waals surface area contributed by atoms with Crippen molar-refractivity contribution in [1.82, 2.24) is 9.88 Å².